The van der Waals surface area contributed by atoms with Gasteiger partial charge in [-0.3, -0.25) is 0 Å². The largest absolute Gasteiger partial charge is 0.368 e. The first-order valence-electron chi connectivity index (χ1n) is 7.88. The lowest BCUT2D eigenvalue weighted by Crippen LogP contribution is -2.72. The fraction of sp³-hybridized carbons (Fsp3) is 0.471. The van der Waals surface area contributed by atoms with Gasteiger partial charge in [-0.2, -0.15) is 0 Å². The molecule has 0 bridgehead atoms. The van der Waals surface area contributed by atoms with E-state index in [1.807, 2.05) is 6.07 Å². The maximum atomic E-state index is 12.0. The zero-order valence-corrected chi connectivity index (χ0v) is 14.8. The molecule has 3 heterocycles. The summed E-state index contributed by atoms with van der Waals surface area (Å²) in [5.41, 5.74) is 2.29. The van der Waals surface area contributed by atoms with E-state index < -0.39 is 14.6 Å². The van der Waals surface area contributed by atoms with Gasteiger partial charge in [-0.15, -0.1) is 0 Å². The first-order chi connectivity index (χ1) is 10.8. The van der Waals surface area contributed by atoms with Crippen LogP contribution in [0.1, 0.15) is 31.7 Å². The first kappa shape index (κ1) is 15.2. The molecule has 1 aromatic carbocycles. The van der Waals surface area contributed by atoms with Crippen molar-refractivity contribution in [2.24, 2.45) is 0 Å². The summed E-state index contributed by atoms with van der Waals surface area (Å²) in [6.45, 7) is 5.49. The van der Waals surface area contributed by atoms with Gasteiger partial charge in [0.05, 0.1) is 5.75 Å². The third-order valence-electron chi connectivity index (χ3n) is 5.29. The molecule has 0 aliphatic carbocycles. The molecule has 2 fully saturated rings. The number of benzene rings is 1. The molecule has 0 saturated carbocycles. The Morgan fingerprint density at radius 2 is 2.00 bits per heavy atom. The summed E-state index contributed by atoms with van der Waals surface area (Å²) in [5.74, 6) is 0.727. The van der Waals surface area contributed by atoms with Gasteiger partial charge in [-0.1, -0.05) is 31.5 Å². The minimum absolute atomic E-state index is 0.338. The van der Waals surface area contributed by atoms with Crippen molar-refractivity contribution < 1.29 is 8.42 Å². The Labute approximate surface area is 141 Å². The maximum Gasteiger partial charge on any atom is 0.159 e. The van der Waals surface area contributed by atoms with E-state index in [4.69, 9.17) is 11.6 Å². The van der Waals surface area contributed by atoms with Crippen LogP contribution in [0.2, 0.25) is 5.15 Å². The molecular formula is C17H19ClN2O2S. The van der Waals surface area contributed by atoms with Crippen molar-refractivity contribution in [1.82, 2.24) is 4.98 Å². The monoisotopic (exact) mass is 350 g/mol. The third-order valence-corrected chi connectivity index (χ3v) is 8.02. The van der Waals surface area contributed by atoms with Crippen molar-refractivity contribution in [3.63, 3.8) is 0 Å². The molecule has 2 aliphatic heterocycles. The zero-order valence-electron chi connectivity index (χ0n) is 13.2. The van der Waals surface area contributed by atoms with Gasteiger partial charge in [-0.05, 0) is 35.4 Å². The van der Waals surface area contributed by atoms with Crippen LogP contribution in [0.15, 0.2) is 24.4 Å². The number of sulfone groups is 1. The molecule has 0 radical (unpaired) electrons. The molecule has 1 aromatic heterocycles. The molecule has 2 aliphatic rings. The zero-order chi connectivity index (χ0) is 16.4. The predicted octanol–water partition coefficient (Wildman–Crippen LogP) is 3.39. The molecule has 4 rings (SSSR count). The number of nitrogens with zero attached hydrogens (tertiary/aromatic N) is 2. The van der Waals surface area contributed by atoms with Crippen molar-refractivity contribution in [3.8, 4) is 0 Å². The molecule has 1 spiro atoms. The van der Waals surface area contributed by atoms with E-state index in [0.717, 1.165) is 22.9 Å². The predicted molar refractivity (Wildman–Crippen MR) is 94.2 cm³/mol. The summed E-state index contributed by atoms with van der Waals surface area (Å²) in [5, 5.41) is 2.64. The van der Waals surface area contributed by atoms with Crippen molar-refractivity contribution in [3.05, 3.63) is 35.1 Å². The lowest BCUT2D eigenvalue weighted by Gasteiger charge is -2.55. The lowest BCUT2D eigenvalue weighted by atomic mass is 9.91. The highest BCUT2D eigenvalue weighted by atomic mass is 35.5. The quantitative estimate of drug-likeness (QED) is 0.779. The van der Waals surface area contributed by atoms with Crippen LogP contribution < -0.4 is 4.90 Å². The number of rotatable bonds is 2. The van der Waals surface area contributed by atoms with E-state index in [2.05, 4.69) is 35.9 Å². The van der Waals surface area contributed by atoms with Crippen molar-refractivity contribution >= 4 is 37.9 Å². The van der Waals surface area contributed by atoms with Gasteiger partial charge >= 0.3 is 0 Å². The van der Waals surface area contributed by atoms with Gasteiger partial charge in [0.2, 0.25) is 0 Å². The maximum absolute atomic E-state index is 12.0. The van der Waals surface area contributed by atoms with E-state index in [0.29, 0.717) is 29.9 Å². The van der Waals surface area contributed by atoms with E-state index in [1.165, 1.54) is 5.56 Å². The number of hydrogen-bond acceptors (Lipinski definition) is 4. The van der Waals surface area contributed by atoms with Gasteiger partial charge in [0, 0.05) is 30.4 Å². The van der Waals surface area contributed by atoms with Crippen LogP contribution >= 0.6 is 11.6 Å². The lowest BCUT2D eigenvalue weighted by molar-refractivity contribution is 0.375. The summed E-state index contributed by atoms with van der Waals surface area (Å²) in [6.07, 6.45) is 2.59. The van der Waals surface area contributed by atoms with Gasteiger partial charge < -0.3 is 4.90 Å². The normalized spacial score (nSPS) is 21.5. The molecule has 4 nitrogen and oxygen atoms in total. The van der Waals surface area contributed by atoms with Gasteiger partial charge in [0.15, 0.2) is 9.84 Å². The number of anilines is 1. The number of hydrogen-bond donors (Lipinski definition) is 0. The molecule has 0 amide bonds. The minimum atomic E-state index is -2.89. The third kappa shape index (κ3) is 2.09. The van der Waals surface area contributed by atoms with Crippen LogP contribution in [-0.2, 0) is 9.84 Å². The average Bonchev–Trinajstić information content (AvgIpc) is 2.44. The van der Waals surface area contributed by atoms with Crippen LogP contribution in [0.5, 0.6) is 0 Å². The average molecular weight is 351 g/mol. The number of pyridine rings is 1. The second-order valence-electron chi connectivity index (χ2n) is 6.99. The van der Waals surface area contributed by atoms with Gasteiger partial charge in [-0.25, -0.2) is 13.4 Å². The summed E-state index contributed by atoms with van der Waals surface area (Å²) < 4.78 is 23.5. The van der Waals surface area contributed by atoms with Gasteiger partial charge in [0.1, 0.15) is 9.90 Å². The van der Waals surface area contributed by atoms with E-state index in [1.54, 1.807) is 6.20 Å². The Morgan fingerprint density at radius 3 is 2.57 bits per heavy atom. The summed E-state index contributed by atoms with van der Waals surface area (Å²) in [4.78, 5) is 6.38. The molecule has 2 saturated heterocycles. The summed E-state index contributed by atoms with van der Waals surface area (Å²) in [6, 6.07) is 6.12. The molecule has 0 unspecified atom stereocenters. The molecule has 122 valence electrons. The fourth-order valence-corrected chi connectivity index (χ4v) is 5.71. The second-order valence-corrected chi connectivity index (χ2v) is 9.88. The first-order valence-corrected chi connectivity index (χ1v) is 9.91. The van der Waals surface area contributed by atoms with Crippen LogP contribution in [0.25, 0.3) is 10.8 Å². The summed E-state index contributed by atoms with van der Waals surface area (Å²) in [7, 11) is -2.89. The minimum Gasteiger partial charge on any atom is -0.368 e. The Balaban J connectivity index is 1.77. The van der Waals surface area contributed by atoms with Gasteiger partial charge in [0.25, 0.3) is 0 Å². The highest BCUT2D eigenvalue weighted by molar-refractivity contribution is 7.94. The van der Waals surface area contributed by atoms with Crippen LogP contribution in [0.4, 0.5) is 5.69 Å². The Hall–Kier alpha value is -1.33. The second kappa shape index (κ2) is 4.84. The SMILES string of the molecule is CC(C)c1ccc(N2CC3(CCS3(=O)=O)C2)c2cnc(Cl)cc12. The fourth-order valence-electron chi connectivity index (χ4n) is 3.73. The standard InChI is InChI=1S/C17H19ClN2O2S/c1-11(2)12-3-4-15(14-8-19-16(18)7-13(12)14)20-9-17(10-20)5-6-23(17,21)22/h3-4,7-8,11H,5-6,9-10H2,1-2H3. The molecule has 23 heavy (non-hydrogen) atoms. The van der Waals surface area contributed by atoms with Crippen molar-refractivity contribution in [1.29, 1.82) is 0 Å². The Morgan fingerprint density at radius 1 is 1.26 bits per heavy atom. The number of halogens is 1. The highest BCUT2D eigenvalue weighted by Crippen LogP contribution is 2.45. The van der Waals surface area contributed by atoms with Crippen LogP contribution in [0, 0.1) is 0 Å². The van der Waals surface area contributed by atoms with E-state index >= 15 is 0 Å². The number of fused-ring (bicyclic) bond motifs is 1. The Kier molecular flexibility index (Phi) is 3.20. The molecule has 2 aromatic rings. The topological polar surface area (TPSA) is 50.3 Å². The molecule has 0 N–H and O–H groups in total. The smallest absolute Gasteiger partial charge is 0.159 e. The summed E-state index contributed by atoms with van der Waals surface area (Å²) >= 11 is 6.09. The van der Waals surface area contributed by atoms with E-state index in [9.17, 15) is 8.42 Å². The molecule has 6 heteroatoms. The highest BCUT2D eigenvalue weighted by Gasteiger charge is 2.59. The van der Waals surface area contributed by atoms with Crippen LogP contribution in [-0.4, -0.2) is 37.0 Å². The molecular weight excluding hydrogens is 332 g/mol. The molecule has 0 atom stereocenters. The van der Waals surface area contributed by atoms with Crippen molar-refractivity contribution in [2.45, 2.75) is 30.9 Å². The number of aromatic nitrogens is 1. The van der Waals surface area contributed by atoms with E-state index in [-0.39, 0.29) is 0 Å². The van der Waals surface area contributed by atoms with Crippen LogP contribution in [0.3, 0.4) is 0 Å². The Bertz CT molecular complexity index is 902. The van der Waals surface area contributed by atoms with Crippen molar-refractivity contribution in [2.75, 3.05) is 23.7 Å².